The van der Waals surface area contributed by atoms with Crippen LogP contribution in [0.15, 0.2) is 47.1 Å². The number of para-hydroxylation sites is 1. The Hall–Kier alpha value is -3.60. The van der Waals surface area contributed by atoms with Gasteiger partial charge >= 0.3 is 0 Å². The molecule has 3 rings (SSSR count). The minimum atomic E-state index is -0.235. The molecular weight excluding hydrogens is 408 g/mol. The summed E-state index contributed by atoms with van der Waals surface area (Å²) < 4.78 is 5.23. The number of aryl methyl sites for hydroxylation is 1. The summed E-state index contributed by atoms with van der Waals surface area (Å²) in [7, 11) is 0. The molecule has 2 aromatic rings. The zero-order valence-electron chi connectivity index (χ0n) is 18.3. The van der Waals surface area contributed by atoms with E-state index in [0.717, 1.165) is 11.3 Å². The monoisotopic (exact) mass is 436 g/mol. The number of anilines is 1. The van der Waals surface area contributed by atoms with E-state index < -0.39 is 0 Å². The van der Waals surface area contributed by atoms with Crippen LogP contribution in [0.3, 0.4) is 0 Å². The number of carbonyl (C=O) groups is 3. The van der Waals surface area contributed by atoms with E-state index in [1.807, 2.05) is 37.3 Å². The third kappa shape index (κ3) is 5.97. The molecule has 0 saturated carbocycles. The lowest BCUT2D eigenvalue weighted by Gasteiger charge is -2.32. The smallest absolute Gasteiger partial charge is 0.287 e. The van der Waals surface area contributed by atoms with Crippen LogP contribution >= 0.6 is 0 Å². The first kappa shape index (κ1) is 23.1. The Bertz CT molecular complexity index is 971. The number of rotatable bonds is 8. The number of nitriles is 1. The Morgan fingerprint density at radius 1 is 1.16 bits per heavy atom. The molecular formula is C24H28N4O4. The first-order valence-electron chi connectivity index (χ1n) is 10.8. The summed E-state index contributed by atoms with van der Waals surface area (Å²) in [5.41, 5.74) is 1.52. The number of nitrogens with zero attached hydrogens (tertiary/aromatic N) is 3. The summed E-state index contributed by atoms with van der Waals surface area (Å²) in [6.45, 7) is 3.19. The highest BCUT2D eigenvalue weighted by atomic mass is 16.3. The molecule has 1 aliphatic rings. The second-order valence-corrected chi connectivity index (χ2v) is 7.85. The van der Waals surface area contributed by atoms with Crippen molar-refractivity contribution in [3.05, 3.63) is 54.0 Å². The maximum atomic E-state index is 12.7. The molecule has 0 atom stereocenters. The zero-order chi connectivity index (χ0) is 22.9. The van der Waals surface area contributed by atoms with Gasteiger partial charge in [0.1, 0.15) is 0 Å². The quantitative estimate of drug-likeness (QED) is 0.685. The molecule has 8 nitrogen and oxygen atoms in total. The number of furan rings is 1. The van der Waals surface area contributed by atoms with Crippen LogP contribution in [0.25, 0.3) is 0 Å². The first-order chi connectivity index (χ1) is 15.5. The van der Waals surface area contributed by atoms with Gasteiger partial charge in [-0.3, -0.25) is 14.4 Å². The molecule has 1 aromatic heterocycles. The number of likely N-dealkylation sites (tertiary alicyclic amines) is 1. The van der Waals surface area contributed by atoms with Gasteiger partial charge in [-0.05, 0) is 38.0 Å². The molecule has 1 fully saturated rings. The van der Waals surface area contributed by atoms with Crippen molar-refractivity contribution in [1.29, 1.82) is 5.26 Å². The number of nitrogens with one attached hydrogen (secondary N) is 1. The second-order valence-electron chi connectivity index (χ2n) is 7.85. The lowest BCUT2D eigenvalue weighted by atomic mass is 10.0. The third-order valence-corrected chi connectivity index (χ3v) is 5.62. The lowest BCUT2D eigenvalue weighted by molar-refractivity contribution is -0.134. The van der Waals surface area contributed by atoms with Crippen LogP contribution in [0.2, 0.25) is 0 Å². The molecule has 168 valence electrons. The van der Waals surface area contributed by atoms with E-state index in [2.05, 4.69) is 11.4 Å². The number of piperidine rings is 1. The Balaban J connectivity index is 1.46. The average Bonchev–Trinajstić information content (AvgIpc) is 3.25. The lowest BCUT2D eigenvalue weighted by Crippen LogP contribution is -2.46. The molecule has 1 saturated heterocycles. The van der Waals surface area contributed by atoms with Gasteiger partial charge < -0.3 is 19.5 Å². The molecule has 1 aliphatic heterocycles. The van der Waals surface area contributed by atoms with Crippen LogP contribution in [0.1, 0.15) is 48.2 Å². The van der Waals surface area contributed by atoms with E-state index in [9.17, 15) is 14.4 Å². The highest BCUT2D eigenvalue weighted by molar-refractivity contribution is 5.95. The summed E-state index contributed by atoms with van der Waals surface area (Å²) in [4.78, 5) is 41.0. The largest absolute Gasteiger partial charge is 0.459 e. The molecule has 0 bridgehead atoms. The summed E-state index contributed by atoms with van der Waals surface area (Å²) in [6.07, 6.45) is 3.25. The summed E-state index contributed by atoms with van der Waals surface area (Å²) in [6, 6.07) is 13.0. The van der Waals surface area contributed by atoms with E-state index in [1.165, 1.54) is 6.26 Å². The van der Waals surface area contributed by atoms with Gasteiger partial charge in [-0.25, -0.2) is 0 Å². The van der Waals surface area contributed by atoms with Crippen molar-refractivity contribution < 1.29 is 18.8 Å². The van der Waals surface area contributed by atoms with Gasteiger partial charge in [0.15, 0.2) is 5.76 Å². The van der Waals surface area contributed by atoms with E-state index in [-0.39, 0.29) is 43.0 Å². The maximum absolute atomic E-state index is 12.7. The first-order valence-corrected chi connectivity index (χ1v) is 10.8. The Labute approximate surface area is 187 Å². The average molecular weight is 437 g/mol. The SMILES string of the molecule is Cc1ccoc1C(=O)NC1CCN(C(=O)CCC(=O)N(CCC#N)c2ccccc2)CC1. The third-order valence-electron chi connectivity index (χ3n) is 5.62. The van der Waals surface area contributed by atoms with E-state index in [0.29, 0.717) is 38.2 Å². The maximum Gasteiger partial charge on any atom is 0.287 e. The van der Waals surface area contributed by atoms with Gasteiger partial charge in [0.05, 0.1) is 18.8 Å². The molecule has 3 amide bonds. The molecule has 0 radical (unpaired) electrons. The fourth-order valence-electron chi connectivity index (χ4n) is 3.80. The Morgan fingerprint density at radius 3 is 2.50 bits per heavy atom. The highest BCUT2D eigenvalue weighted by Gasteiger charge is 2.26. The van der Waals surface area contributed by atoms with Gasteiger partial charge in [-0.2, -0.15) is 5.26 Å². The van der Waals surface area contributed by atoms with Crippen LogP contribution < -0.4 is 10.2 Å². The second kappa shape index (κ2) is 11.1. The van der Waals surface area contributed by atoms with Crippen molar-refractivity contribution in [2.45, 2.75) is 45.1 Å². The molecule has 1 N–H and O–H groups in total. The van der Waals surface area contributed by atoms with E-state index in [4.69, 9.17) is 9.68 Å². The number of carbonyl (C=O) groups excluding carboxylic acids is 3. The minimum Gasteiger partial charge on any atom is -0.459 e. The van der Waals surface area contributed by atoms with Crippen LogP contribution in [-0.4, -0.2) is 48.3 Å². The summed E-state index contributed by atoms with van der Waals surface area (Å²) in [5.74, 6) is -0.156. The topological polar surface area (TPSA) is 107 Å². The van der Waals surface area contributed by atoms with Crippen LogP contribution in [-0.2, 0) is 9.59 Å². The van der Waals surface area contributed by atoms with Crippen molar-refractivity contribution in [2.24, 2.45) is 0 Å². The van der Waals surface area contributed by atoms with Crippen molar-refractivity contribution in [1.82, 2.24) is 10.2 Å². The van der Waals surface area contributed by atoms with Crippen LogP contribution in [0.4, 0.5) is 5.69 Å². The van der Waals surface area contributed by atoms with Crippen molar-refractivity contribution in [3.63, 3.8) is 0 Å². The van der Waals surface area contributed by atoms with Gasteiger partial charge in [0, 0.05) is 49.8 Å². The molecule has 32 heavy (non-hydrogen) atoms. The Kier molecular flexibility index (Phi) is 8.03. The number of amides is 3. The number of hydrogen-bond acceptors (Lipinski definition) is 5. The molecule has 8 heteroatoms. The molecule has 0 unspecified atom stereocenters. The van der Waals surface area contributed by atoms with E-state index in [1.54, 1.807) is 15.9 Å². The molecule has 2 heterocycles. The predicted octanol–water partition coefficient (Wildman–Crippen LogP) is 3.04. The highest BCUT2D eigenvalue weighted by Crippen LogP contribution is 2.18. The predicted molar refractivity (Wildman–Crippen MR) is 119 cm³/mol. The minimum absolute atomic E-state index is 0.0164. The van der Waals surface area contributed by atoms with Crippen molar-refractivity contribution in [2.75, 3.05) is 24.5 Å². The zero-order valence-corrected chi connectivity index (χ0v) is 18.3. The standard InChI is InChI=1S/C24H28N4O4/c1-18-12-17-32-23(18)24(31)26-19-10-15-27(16-11-19)21(29)8-9-22(30)28(14-5-13-25)20-6-3-2-4-7-20/h2-4,6-7,12,17,19H,5,8-11,14-16H2,1H3,(H,26,31). The fraction of sp³-hybridized carbons (Fsp3) is 0.417. The number of benzene rings is 1. The van der Waals surface area contributed by atoms with Crippen LogP contribution in [0, 0.1) is 18.3 Å². The van der Waals surface area contributed by atoms with Crippen LogP contribution in [0.5, 0.6) is 0 Å². The molecule has 0 aliphatic carbocycles. The fourth-order valence-corrected chi connectivity index (χ4v) is 3.80. The van der Waals surface area contributed by atoms with Gasteiger partial charge in [-0.1, -0.05) is 18.2 Å². The molecule has 0 spiro atoms. The van der Waals surface area contributed by atoms with Crippen molar-refractivity contribution in [3.8, 4) is 6.07 Å². The van der Waals surface area contributed by atoms with Gasteiger partial charge in [-0.15, -0.1) is 0 Å². The number of hydrogen-bond donors (Lipinski definition) is 1. The van der Waals surface area contributed by atoms with Gasteiger partial charge in [0.25, 0.3) is 5.91 Å². The summed E-state index contributed by atoms with van der Waals surface area (Å²) in [5, 5.41) is 11.9. The van der Waals surface area contributed by atoms with E-state index >= 15 is 0 Å². The normalized spacial score (nSPS) is 13.9. The Morgan fingerprint density at radius 2 is 1.88 bits per heavy atom. The van der Waals surface area contributed by atoms with Gasteiger partial charge in [0.2, 0.25) is 11.8 Å². The van der Waals surface area contributed by atoms with Crippen molar-refractivity contribution >= 4 is 23.4 Å². The molecule has 1 aromatic carbocycles. The summed E-state index contributed by atoms with van der Waals surface area (Å²) >= 11 is 0.